The Kier molecular flexibility index (Phi) is 7.93. The lowest BCUT2D eigenvalue weighted by Crippen LogP contribution is -2.37. The molecule has 0 radical (unpaired) electrons. The highest BCUT2D eigenvalue weighted by atomic mass is 32.2. The second kappa shape index (κ2) is 11.8. The number of phenolic OH excluding ortho intramolecular Hbond substituents is 1. The fourth-order valence-electron chi connectivity index (χ4n) is 4.99. The molecule has 1 aliphatic rings. The highest BCUT2D eigenvalue weighted by molar-refractivity contribution is 7.90. The van der Waals surface area contributed by atoms with Crippen molar-refractivity contribution in [2.45, 2.75) is 31.5 Å². The van der Waals surface area contributed by atoms with E-state index in [1.807, 2.05) is 11.8 Å². The van der Waals surface area contributed by atoms with Crippen LogP contribution in [0.2, 0.25) is 0 Å². The number of anilines is 1. The van der Waals surface area contributed by atoms with Gasteiger partial charge in [-0.05, 0) is 43.3 Å². The first-order valence-electron chi connectivity index (χ1n) is 14.0. The molecule has 13 heteroatoms. The second-order valence-electron chi connectivity index (χ2n) is 10.4. The van der Waals surface area contributed by atoms with Crippen LogP contribution in [0.4, 0.5) is 10.2 Å². The number of nitrogens with zero attached hydrogens (tertiary/aromatic N) is 5. The summed E-state index contributed by atoms with van der Waals surface area (Å²) in [7, 11) is -4.19. The summed E-state index contributed by atoms with van der Waals surface area (Å²) in [6.07, 6.45) is 2.04. The summed E-state index contributed by atoms with van der Waals surface area (Å²) in [5, 5.41) is 25.7. The number of hydrogen-bond donors (Lipinski definition) is 2. The summed E-state index contributed by atoms with van der Waals surface area (Å²) < 4.78 is 54.8. The standard InChI is InChI=1S/C31H30FN5O6S/c1-3-28(39)43-27-15-20(17-34-31(27)36-11-13-42-14-12-36)30-22-16-24(29-23(32)5-4-6-26(29)38)33-18-25(22)37(35-30)44(40,41)21-9-7-19(2)8-10-21/h4-10,15-18,28,38-39H,3,11-14H2,1-2H3. The Bertz CT molecular complexity index is 1920. The average Bonchev–Trinajstić information content (AvgIpc) is 3.41. The molecule has 0 saturated carbocycles. The van der Waals surface area contributed by atoms with Crippen LogP contribution in [0.5, 0.6) is 11.5 Å². The Morgan fingerprint density at radius 1 is 1.07 bits per heavy atom. The van der Waals surface area contributed by atoms with Crippen molar-refractivity contribution in [1.29, 1.82) is 0 Å². The molecule has 2 N–H and O–H groups in total. The first-order valence-corrected chi connectivity index (χ1v) is 15.5. The largest absolute Gasteiger partial charge is 0.507 e. The summed E-state index contributed by atoms with van der Waals surface area (Å²) in [5.41, 5.74) is 1.56. The molecule has 0 spiro atoms. The number of rotatable bonds is 8. The number of fused-ring (bicyclic) bond motifs is 1. The van der Waals surface area contributed by atoms with Crippen molar-refractivity contribution in [3.8, 4) is 34.0 Å². The quantitative estimate of drug-likeness (QED) is 0.239. The molecular formula is C31H30FN5O6S. The Morgan fingerprint density at radius 3 is 2.52 bits per heavy atom. The Hall–Kier alpha value is -4.59. The van der Waals surface area contributed by atoms with Crippen LogP contribution in [0, 0.1) is 12.7 Å². The summed E-state index contributed by atoms with van der Waals surface area (Å²) in [6.45, 7) is 5.77. The van der Waals surface area contributed by atoms with Crippen molar-refractivity contribution in [2.24, 2.45) is 0 Å². The molecule has 3 aromatic heterocycles. The lowest BCUT2D eigenvalue weighted by atomic mass is 10.1. The highest BCUT2D eigenvalue weighted by Crippen LogP contribution is 2.38. The zero-order valence-electron chi connectivity index (χ0n) is 24.0. The van der Waals surface area contributed by atoms with Gasteiger partial charge in [0.15, 0.2) is 17.9 Å². The molecule has 11 nitrogen and oxygen atoms in total. The van der Waals surface area contributed by atoms with Gasteiger partial charge in [-0.15, -0.1) is 0 Å². The van der Waals surface area contributed by atoms with E-state index in [0.29, 0.717) is 49.5 Å². The zero-order chi connectivity index (χ0) is 31.0. The molecule has 0 aliphatic carbocycles. The number of hydrogen-bond acceptors (Lipinski definition) is 10. The molecule has 1 saturated heterocycles. The number of morpholine rings is 1. The van der Waals surface area contributed by atoms with Crippen LogP contribution in [0.25, 0.3) is 33.4 Å². The molecule has 44 heavy (non-hydrogen) atoms. The van der Waals surface area contributed by atoms with Crippen molar-refractivity contribution in [3.05, 3.63) is 78.4 Å². The van der Waals surface area contributed by atoms with E-state index in [2.05, 4.69) is 15.1 Å². The molecule has 228 valence electrons. The Morgan fingerprint density at radius 2 is 1.82 bits per heavy atom. The second-order valence-corrected chi connectivity index (χ2v) is 12.1. The van der Waals surface area contributed by atoms with Gasteiger partial charge in [-0.25, -0.2) is 9.37 Å². The minimum absolute atomic E-state index is 0.0192. The van der Waals surface area contributed by atoms with Crippen LogP contribution in [-0.4, -0.2) is 70.4 Å². The molecule has 1 fully saturated rings. The minimum atomic E-state index is -4.19. The van der Waals surface area contributed by atoms with E-state index in [9.17, 15) is 23.0 Å². The van der Waals surface area contributed by atoms with E-state index >= 15 is 0 Å². The van der Waals surface area contributed by atoms with Gasteiger partial charge in [-0.2, -0.15) is 17.6 Å². The van der Waals surface area contributed by atoms with Crippen LogP contribution in [0.1, 0.15) is 18.9 Å². The fraction of sp³-hybridized carbons (Fsp3) is 0.258. The summed E-state index contributed by atoms with van der Waals surface area (Å²) >= 11 is 0. The first-order chi connectivity index (χ1) is 21.2. The van der Waals surface area contributed by atoms with E-state index in [1.165, 1.54) is 42.6 Å². The van der Waals surface area contributed by atoms with E-state index < -0.39 is 22.1 Å². The van der Waals surface area contributed by atoms with Gasteiger partial charge in [-0.1, -0.05) is 30.7 Å². The SMILES string of the molecule is CCC(O)Oc1cc(-c2nn(S(=O)(=O)c3ccc(C)cc3)c3cnc(-c4c(O)cccc4F)cc23)cnc1N1CCOCC1. The third-order valence-corrected chi connectivity index (χ3v) is 8.96. The molecule has 5 aromatic rings. The van der Waals surface area contributed by atoms with Gasteiger partial charge in [0.05, 0.1) is 35.6 Å². The predicted octanol–water partition coefficient (Wildman–Crippen LogP) is 4.49. The number of aromatic hydroxyl groups is 1. The monoisotopic (exact) mass is 619 g/mol. The third kappa shape index (κ3) is 5.45. The molecule has 0 bridgehead atoms. The van der Waals surface area contributed by atoms with Gasteiger partial charge in [0.25, 0.3) is 10.0 Å². The van der Waals surface area contributed by atoms with E-state index in [0.717, 1.165) is 9.65 Å². The van der Waals surface area contributed by atoms with Gasteiger partial charge in [0.1, 0.15) is 22.8 Å². The average molecular weight is 620 g/mol. The molecule has 1 atom stereocenters. The topological polar surface area (TPSA) is 140 Å². The third-order valence-electron chi connectivity index (χ3n) is 7.36. The van der Waals surface area contributed by atoms with Crippen molar-refractivity contribution in [2.75, 3.05) is 31.2 Å². The summed E-state index contributed by atoms with van der Waals surface area (Å²) in [5.74, 6) is -0.235. The minimum Gasteiger partial charge on any atom is -0.507 e. The van der Waals surface area contributed by atoms with Crippen LogP contribution in [0.3, 0.4) is 0 Å². The van der Waals surface area contributed by atoms with Crippen LogP contribution in [0.15, 0.2) is 71.9 Å². The van der Waals surface area contributed by atoms with Crippen LogP contribution < -0.4 is 9.64 Å². The van der Waals surface area contributed by atoms with E-state index in [4.69, 9.17) is 9.47 Å². The lowest BCUT2D eigenvalue weighted by molar-refractivity contribution is -0.0191. The van der Waals surface area contributed by atoms with Gasteiger partial charge >= 0.3 is 0 Å². The number of aliphatic hydroxyl groups is 1. The van der Waals surface area contributed by atoms with Gasteiger partial charge in [-0.3, -0.25) is 4.98 Å². The van der Waals surface area contributed by atoms with Gasteiger partial charge < -0.3 is 24.6 Å². The number of phenols is 1. The number of aryl methyl sites for hydroxylation is 1. The zero-order valence-corrected chi connectivity index (χ0v) is 24.8. The molecule has 6 rings (SSSR count). The normalized spacial score (nSPS) is 14.6. The van der Waals surface area contributed by atoms with Gasteiger partial charge in [0.2, 0.25) is 0 Å². The van der Waals surface area contributed by atoms with Crippen LogP contribution >= 0.6 is 0 Å². The Labute approximate surface area is 253 Å². The maximum atomic E-state index is 14.9. The molecule has 4 heterocycles. The lowest BCUT2D eigenvalue weighted by Gasteiger charge is -2.29. The number of halogens is 1. The highest BCUT2D eigenvalue weighted by Gasteiger charge is 2.27. The molecule has 1 aliphatic heterocycles. The number of benzene rings is 2. The number of ether oxygens (including phenoxy) is 2. The van der Waals surface area contributed by atoms with Crippen molar-refractivity contribution in [3.63, 3.8) is 0 Å². The number of aliphatic hydroxyl groups excluding tert-OH is 1. The predicted molar refractivity (Wildman–Crippen MR) is 162 cm³/mol. The fourth-order valence-corrected chi connectivity index (χ4v) is 6.27. The molecule has 0 amide bonds. The maximum absolute atomic E-state index is 14.9. The molecular weight excluding hydrogens is 589 g/mol. The molecule has 1 unspecified atom stereocenters. The summed E-state index contributed by atoms with van der Waals surface area (Å²) in [6, 6.07) is 13.4. The van der Waals surface area contributed by atoms with Gasteiger partial charge in [0, 0.05) is 36.7 Å². The van der Waals surface area contributed by atoms with Crippen molar-refractivity contribution in [1.82, 2.24) is 19.2 Å². The number of pyridine rings is 2. The van der Waals surface area contributed by atoms with Crippen molar-refractivity contribution < 1.29 is 32.5 Å². The van der Waals surface area contributed by atoms with Crippen LogP contribution in [-0.2, 0) is 14.8 Å². The molecule has 2 aromatic carbocycles. The smallest absolute Gasteiger partial charge is 0.283 e. The Balaban J connectivity index is 1.57. The number of aromatic nitrogens is 4. The maximum Gasteiger partial charge on any atom is 0.283 e. The van der Waals surface area contributed by atoms with E-state index in [-0.39, 0.29) is 38.9 Å². The summed E-state index contributed by atoms with van der Waals surface area (Å²) in [4.78, 5) is 11.0. The van der Waals surface area contributed by atoms with E-state index in [1.54, 1.807) is 31.3 Å². The van der Waals surface area contributed by atoms with Crippen molar-refractivity contribution >= 4 is 26.7 Å². The first kappa shape index (κ1) is 29.5.